The maximum Gasteiger partial charge on any atom is 0.264 e. The number of allylic oxidation sites excluding steroid dienone is 1. The van der Waals surface area contributed by atoms with Gasteiger partial charge in [0.25, 0.3) is 5.91 Å². The van der Waals surface area contributed by atoms with Crippen molar-refractivity contribution in [3.05, 3.63) is 105 Å². The van der Waals surface area contributed by atoms with E-state index in [0.717, 1.165) is 50.8 Å². The Balaban J connectivity index is 1.39. The average Bonchev–Trinajstić information content (AvgIpc) is 3.44. The van der Waals surface area contributed by atoms with E-state index in [-0.39, 0.29) is 17.9 Å². The molecule has 1 fully saturated rings. The van der Waals surface area contributed by atoms with Gasteiger partial charge in [0.2, 0.25) is 0 Å². The number of para-hydroxylation sites is 1. The number of halogens is 2. The fourth-order valence-corrected chi connectivity index (χ4v) is 6.70. The minimum Gasteiger partial charge on any atom is -0.491 e. The molecule has 3 aromatic carbocycles. The number of fused-ring (bicyclic) bond motifs is 4. The van der Waals surface area contributed by atoms with Crippen LogP contribution in [0, 0.1) is 5.92 Å². The van der Waals surface area contributed by atoms with E-state index in [1.165, 1.54) is 5.57 Å². The second kappa shape index (κ2) is 9.23. The zero-order valence-electron chi connectivity index (χ0n) is 19.1. The third kappa shape index (κ3) is 3.96. The minimum atomic E-state index is -1.05. The number of carbonyl (C=O) groups excluding carboxylic acids is 1. The first-order valence-electron chi connectivity index (χ1n) is 12.0. The molecule has 1 spiro atoms. The summed E-state index contributed by atoms with van der Waals surface area (Å²) in [5, 5.41) is 0. The number of nitrogens with zero attached hydrogens (tertiary/aromatic N) is 1. The average molecular weight is 595 g/mol. The topological polar surface area (TPSA) is 38.8 Å². The summed E-state index contributed by atoms with van der Waals surface area (Å²) >= 11 is 7.29. The van der Waals surface area contributed by atoms with Gasteiger partial charge in [0.05, 0.1) is 18.3 Å². The van der Waals surface area contributed by atoms with Gasteiger partial charge in [0.1, 0.15) is 12.4 Å². The molecule has 0 saturated carbocycles. The molecule has 1 saturated heterocycles. The highest BCUT2D eigenvalue weighted by molar-refractivity contribution is 9.10. The van der Waals surface area contributed by atoms with Gasteiger partial charge in [0.15, 0.2) is 5.60 Å². The highest BCUT2D eigenvalue weighted by Crippen LogP contribution is 2.58. The lowest BCUT2D eigenvalue weighted by molar-refractivity contribution is -0.174. The first kappa shape index (κ1) is 23.0. The molecule has 6 rings (SSSR count). The number of hydrogen-bond acceptors (Lipinski definition) is 3. The molecule has 6 heteroatoms. The lowest BCUT2D eigenvalue weighted by Gasteiger charge is -2.44. The molecule has 4 nitrogen and oxygen atoms in total. The van der Waals surface area contributed by atoms with Crippen molar-refractivity contribution < 1.29 is 14.3 Å². The molecule has 3 aliphatic rings. The molecular weight excluding hydrogens is 570 g/mol. The van der Waals surface area contributed by atoms with E-state index in [4.69, 9.17) is 9.47 Å². The molecule has 3 aromatic rings. The summed E-state index contributed by atoms with van der Waals surface area (Å²) in [6, 6.07) is 24.0. The first-order chi connectivity index (χ1) is 17.1. The molecule has 0 radical (unpaired) electrons. The van der Waals surface area contributed by atoms with Gasteiger partial charge in [-0.2, -0.15) is 0 Å². The SMILES string of the molecule is O=C1N(Cc2ccc(Br)cc2)c2cccc(Br)c2[C@@]12O[C@H](COc1ccccc1)CC1=CCCC12. The first-order valence-corrected chi connectivity index (χ1v) is 13.5. The van der Waals surface area contributed by atoms with E-state index >= 15 is 0 Å². The van der Waals surface area contributed by atoms with Crippen molar-refractivity contribution in [2.75, 3.05) is 11.5 Å². The molecule has 1 aliphatic carbocycles. The predicted molar refractivity (Wildman–Crippen MR) is 143 cm³/mol. The second-order valence-corrected chi connectivity index (χ2v) is 11.1. The molecule has 178 valence electrons. The van der Waals surface area contributed by atoms with E-state index in [9.17, 15) is 4.79 Å². The lowest BCUT2D eigenvalue weighted by Crippen LogP contribution is -2.53. The van der Waals surface area contributed by atoms with Crippen LogP contribution in [0.15, 0.2) is 93.4 Å². The Hall–Kier alpha value is -2.41. The van der Waals surface area contributed by atoms with Gasteiger partial charge >= 0.3 is 0 Å². The number of rotatable bonds is 5. The third-order valence-corrected chi connectivity index (χ3v) is 8.46. The van der Waals surface area contributed by atoms with Crippen LogP contribution in [0.5, 0.6) is 5.75 Å². The van der Waals surface area contributed by atoms with E-state index < -0.39 is 5.60 Å². The largest absolute Gasteiger partial charge is 0.491 e. The van der Waals surface area contributed by atoms with E-state index in [2.05, 4.69) is 50.1 Å². The van der Waals surface area contributed by atoms with Crippen LogP contribution >= 0.6 is 31.9 Å². The molecule has 35 heavy (non-hydrogen) atoms. The van der Waals surface area contributed by atoms with Gasteiger partial charge in [-0.25, -0.2) is 0 Å². The Morgan fingerprint density at radius 1 is 1.00 bits per heavy atom. The standard InChI is InChI=1S/C29H25Br2NO3/c30-21-14-12-19(13-15-21)17-32-26-11-5-10-25(31)27(26)29(28(32)33)24-9-4-6-20(24)16-23(35-29)18-34-22-7-2-1-3-8-22/h1-3,5-8,10-15,23-24H,4,9,16-18H2/t23-,24?,29+/m0/s1. The molecule has 0 N–H and O–H groups in total. The number of carbonyl (C=O) groups is 1. The smallest absolute Gasteiger partial charge is 0.264 e. The Kier molecular flexibility index (Phi) is 6.07. The number of anilines is 1. The van der Waals surface area contributed by atoms with Crippen LogP contribution in [-0.4, -0.2) is 18.6 Å². The Morgan fingerprint density at radius 3 is 2.60 bits per heavy atom. The zero-order valence-corrected chi connectivity index (χ0v) is 22.3. The van der Waals surface area contributed by atoms with Crippen molar-refractivity contribution >= 4 is 43.5 Å². The van der Waals surface area contributed by atoms with Gasteiger partial charge in [-0.3, -0.25) is 4.79 Å². The van der Waals surface area contributed by atoms with Crippen LogP contribution in [0.2, 0.25) is 0 Å². The summed E-state index contributed by atoms with van der Waals surface area (Å²) in [6.07, 6.45) is 4.77. The van der Waals surface area contributed by atoms with Crippen molar-refractivity contribution in [2.24, 2.45) is 5.92 Å². The summed E-state index contributed by atoms with van der Waals surface area (Å²) in [5.74, 6) is 0.865. The molecule has 1 unspecified atom stereocenters. The molecule has 1 amide bonds. The van der Waals surface area contributed by atoms with Gasteiger partial charge in [-0.1, -0.05) is 79.9 Å². The minimum absolute atomic E-state index is 0.0181. The van der Waals surface area contributed by atoms with Crippen LogP contribution in [0.3, 0.4) is 0 Å². The molecular formula is C29H25Br2NO3. The molecule has 2 aliphatic heterocycles. The summed E-state index contributed by atoms with van der Waals surface area (Å²) in [4.78, 5) is 16.3. The van der Waals surface area contributed by atoms with E-state index in [1.807, 2.05) is 65.6 Å². The van der Waals surface area contributed by atoms with Gasteiger partial charge in [-0.05, 0) is 61.2 Å². The molecule has 2 heterocycles. The molecule has 3 atom stereocenters. The van der Waals surface area contributed by atoms with Crippen LogP contribution in [-0.2, 0) is 21.7 Å². The number of hydrogen-bond donors (Lipinski definition) is 0. The van der Waals surface area contributed by atoms with Crippen molar-refractivity contribution in [1.29, 1.82) is 0 Å². The zero-order chi connectivity index (χ0) is 24.0. The van der Waals surface area contributed by atoms with Crippen molar-refractivity contribution in [2.45, 2.75) is 37.5 Å². The lowest BCUT2D eigenvalue weighted by atomic mass is 9.74. The maximum absolute atomic E-state index is 14.4. The fraction of sp³-hybridized carbons (Fsp3) is 0.276. The van der Waals surface area contributed by atoms with Gasteiger partial charge in [-0.15, -0.1) is 0 Å². The number of benzene rings is 3. The molecule has 0 aromatic heterocycles. The Morgan fingerprint density at radius 2 is 1.80 bits per heavy atom. The van der Waals surface area contributed by atoms with E-state index in [1.54, 1.807) is 0 Å². The van der Waals surface area contributed by atoms with Gasteiger partial charge in [0, 0.05) is 20.4 Å². The summed E-state index contributed by atoms with van der Waals surface area (Å²) < 4.78 is 14.9. The van der Waals surface area contributed by atoms with Crippen LogP contribution in [0.4, 0.5) is 5.69 Å². The van der Waals surface area contributed by atoms with Crippen molar-refractivity contribution in [3.8, 4) is 5.75 Å². The fourth-order valence-electron chi connectivity index (χ4n) is 5.79. The van der Waals surface area contributed by atoms with Crippen LogP contribution < -0.4 is 9.64 Å². The number of ether oxygens (including phenoxy) is 2. The summed E-state index contributed by atoms with van der Waals surface area (Å²) in [7, 11) is 0. The highest BCUT2D eigenvalue weighted by atomic mass is 79.9. The van der Waals surface area contributed by atoms with Crippen LogP contribution in [0.1, 0.15) is 30.4 Å². The monoisotopic (exact) mass is 593 g/mol. The normalized spacial score (nSPS) is 24.9. The molecule has 0 bridgehead atoms. The Labute approximate surface area is 222 Å². The second-order valence-electron chi connectivity index (χ2n) is 9.36. The third-order valence-electron chi connectivity index (χ3n) is 7.27. The van der Waals surface area contributed by atoms with Crippen molar-refractivity contribution in [1.82, 2.24) is 0 Å². The maximum atomic E-state index is 14.4. The highest BCUT2D eigenvalue weighted by Gasteiger charge is 2.62. The summed E-state index contributed by atoms with van der Waals surface area (Å²) in [5.41, 5.74) is 3.22. The Bertz CT molecular complexity index is 1290. The van der Waals surface area contributed by atoms with Gasteiger partial charge < -0.3 is 14.4 Å². The van der Waals surface area contributed by atoms with E-state index in [0.29, 0.717) is 13.2 Å². The number of amides is 1. The van der Waals surface area contributed by atoms with Crippen LogP contribution in [0.25, 0.3) is 0 Å². The quantitative estimate of drug-likeness (QED) is 0.294. The summed E-state index contributed by atoms with van der Waals surface area (Å²) in [6.45, 7) is 0.896. The van der Waals surface area contributed by atoms with Crippen molar-refractivity contribution in [3.63, 3.8) is 0 Å². The predicted octanol–water partition coefficient (Wildman–Crippen LogP) is 7.16.